The number of amides is 1. The summed E-state index contributed by atoms with van der Waals surface area (Å²) in [5.74, 6) is 0.0269. The van der Waals surface area contributed by atoms with E-state index < -0.39 is 12.6 Å². The minimum Gasteiger partial charge on any atom is -0.546 e. The predicted molar refractivity (Wildman–Crippen MR) is 92.1 cm³/mol. The largest absolute Gasteiger partial charge is 1.00 e. The first-order chi connectivity index (χ1) is 12.0. The minimum absolute atomic E-state index is 0. The molecule has 0 saturated heterocycles. The molecule has 0 heterocycles. The van der Waals surface area contributed by atoms with Gasteiger partial charge in [-0.05, 0) is 55.4 Å². The van der Waals surface area contributed by atoms with Crippen molar-refractivity contribution in [2.24, 2.45) is 5.92 Å². The molecule has 26 heavy (non-hydrogen) atoms. The van der Waals surface area contributed by atoms with E-state index in [1.54, 1.807) is 24.3 Å². The Bertz CT molecular complexity index is 639. The third kappa shape index (κ3) is 7.40. The molecule has 0 aliphatic heterocycles. The number of nitrogens with one attached hydrogen (secondary N) is 1. The number of carbonyl (C=O) groups is 2. The fourth-order valence-electron chi connectivity index (χ4n) is 2.87. The fourth-order valence-corrected chi connectivity index (χ4v) is 2.87. The molecule has 1 fully saturated rings. The van der Waals surface area contributed by atoms with Crippen LogP contribution in [0.3, 0.4) is 0 Å². The number of carbonyl (C=O) groups excluding carboxylic acids is 2. The van der Waals surface area contributed by atoms with Crippen molar-refractivity contribution in [1.82, 2.24) is 5.32 Å². The maximum atomic E-state index is 12.0. The summed E-state index contributed by atoms with van der Waals surface area (Å²) in [6.07, 6.45) is 7.54. The van der Waals surface area contributed by atoms with Crippen molar-refractivity contribution in [3.05, 3.63) is 29.8 Å². The molecule has 0 spiro atoms. The summed E-state index contributed by atoms with van der Waals surface area (Å²) in [5.41, 5.74) is 0.755. The zero-order chi connectivity index (χ0) is 18.2. The maximum absolute atomic E-state index is 12.0. The number of carboxylic acids is 1. The van der Waals surface area contributed by atoms with E-state index >= 15 is 0 Å². The number of methoxy groups -OCH3 is 1. The topological polar surface area (TPSA) is 87.7 Å². The van der Waals surface area contributed by atoms with Crippen LogP contribution >= 0.6 is 0 Å². The molecule has 0 radical (unpaired) electrons. The summed E-state index contributed by atoms with van der Waals surface area (Å²) >= 11 is 0. The zero-order valence-electron chi connectivity index (χ0n) is 15.6. The SMILES string of the molecule is COc1cc(C=CC(=O)N[C@H]2CC[C@H](C)CC2)ccc1OCC(=O)[O-].[Na+]. The molecule has 1 aliphatic rings. The molecule has 1 saturated carbocycles. The Morgan fingerprint density at radius 2 is 1.92 bits per heavy atom. The Kier molecular flexibility index (Phi) is 9.76. The van der Waals surface area contributed by atoms with Crippen molar-refractivity contribution < 1.29 is 53.7 Å². The van der Waals surface area contributed by atoms with Gasteiger partial charge in [-0.3, -0.25) is 4.79 Å². The third-order valence-corrected chi connectivity index (χ3v) is 4.32. The number of ether oxygens (including phenoxy) is 2. The molecule has 1 N–H and O–H groups in total. The van der Waals surface area contributed by atoms with E-state index in [0.29, 0.717) is 11.5 Å². The molecule has 1 amide bonds. The van der Waals surface area contributed by atoms with E-state index in [9.17, 15) is 14.7 Å². The van der Waals surface area contributed by atoms with Gasteiger partial charge in [-0.15, -0.1) is 0 Å². The first-order valence-corrected chi connectivity index (χ1v) is 8.47. The van der Waals surface area contributed by atoms with Crippen molar-refractivity contribution in [1.29, 1.82) is 0 Å². The van der Waals surface area contributed by atoms with Crippen molar-refractivity contribution in [2.75, 3.05) is 13.7 Å². The molecule has 0 atom stereocenters. The summed E-state index contributed by atoms with van der Waals surface area (Å²) in [7, 11) is 1.46. The van der Waals surface area contributed by atoms with Crippen LogP contribution in [0.25, 0.3) is 6.08 Å². The molecule has 6 nitrogen and oxygen atoms in total. The number of hydrogen-bond acceptors (Lipinski definition) is 5. The second kappa shape index (κ2) is 11.3. The number of rotatable bonds is 7. The summed E-state index contributed by atoms with van der Waals surface area (Å²) in [6, 6.07) is 5.25. The van der Waals surface area contributed by atoms with Gasteiger partial charge in [0.25, 0.3) is 0 Å². The van der Waals surface area contributed by atoms with Gasteiger partial charge in [-0.25, -0.2) is 0 Å². The normalized spacial score (nSPS) is 19.5. The van der Waals surface area contributed by atoms with E-state index in [-0.39, 0.29) is 41.5 Å². The Balaban J connectivity index is 0.00000338. The summed E-state index contributed by atoms with van der Waals surface area (Å²) < 4.78 is 10.3. The second-order valence-electron chi connectivity index (χ2n) is 6.37. The summed E-state index contributed by atoms with van der Waals surface area (Å²) in [5, 5.41) is 13.5. The smallest absolute Gasteiger partial charge is 0.546 e. The zero-order valence-corrected chi connectivity index (χ0v) is 17.6. The Morgan fingerprint density at radius 1 is 1.23 bits per heavy atom. The molecule has 1 aromatic rings. The molecule has 1 aliphatic carbocycles. The van der Waals surface area contributed by atoms with Crippen LogP contribution in [0.2, 0.25) is 0 Å². The van der Waals surface area contributed by atoms with Gasteiger partial charge in [0.05, 0.1) is 13.1 Å². The van der Waals surface area contributed by atoms with Gasteiger partial charge in [-0.1, -0.05) is 13.0 Å². The van der Waals surface area contributed by atoms with Crippen molar-refractivity contribution >= 4 is 18.0 Å². The third-order valence-electron chi connectivity index (χ3n) is 4.32. The molecule has 136 valence electrons. The first-order valence-electron chi connectivity index (χ1n) is 8.47. The van der Waals surface area contributed by atoms with Crippen LogP contribution in [-0.2, 0) is 9.59 Å². The molecular weight excluding hydrogens is 345 g/mol. The molecule has 7 heteroatoms. The van der Waals surface area contributed by atoms with E-state index in [4.69, 9.17) is 9.47 Å². The van der Waals surface area contributed by atoms with Gasteiger partial charge in [-0.2, -0.15) is 0 Å². The molecular formula is C19H24NNaO5. The maximum Gasteiger partial charge on any atom is 1.00 e. The van der Waals surface area contributed by atoms with Crippen LogP contribution in [0.5, 0.6) is 11.5 Å². The van der Waals surface area contributed by atoms with Crippen molar-refractivity contribution in [2.45, 2.75) is 38.6 Å². The fraction of sp³-hybridized carbons (Fsp3) is 0.474. The average Bonchev–Trinajstić information content (AvgIpc) is 2.60. The van der Waals surface area contributed by atoms with Crippen LogP contribution in [-0.4, -0.2) is 31.6 Å². The summed E-state index contributed by atoms with van der Waals surface area (Å²) in [6.45, 7) is 1.69. The first kappa shape index (κ1) is 22.5. The van der Waals surface area contributed by atoms with Gasteiger partial charge in [0.1, 0.15) is 6.61 Å². The molecule has 0 bridgehead atoms. The van der Waals surface area contributed by atoms with Gasteiger partial charge in [0.2, 0.25) is 5.91 Å². The van der Waals surface area contributed by atoms with Gasteiger partial charge < -0.3 is 24.7 Å². The van der Waals surface area contributed by atoms with E-state index in [1.165, 1.54) is 13.2 Å². The molecule has 0 aromatic heterocycles. The number of carboxylic acid groups (broad SMARTS) is 1. The minimum atomic E-state index is -1.31. The average molecular weight is 369 g/mol. The van der Waals surface area contributed by atoms with E-state index in [1.807, 2.05) is 0 Å². The van der Waals surface area contributed by atoms with Gasteiger partial charge >= 0.3 is 29.6 Å². The Hall–Kier alpha value is -1.50. The Morgan fingerprint density at radius 3 is 2.54 bits per heavy atom. The van der Waals surface area contributed by atoms with Crippen molar-refractivity contribution in [3.63, 3.8) is 0 Å². The quantitative estimate of drug-likeness (QED) is 0.469. The van der Waals surface area contributed by atoms with Crippen LogP contribution in [0.4, 0.5) is 0 Å². The molecule has 0 unspecified atom stereocenters. The second-order valence-corrected chi connectivity index (χ2v) is 6.37. The summed E-state index contributed by atoms with van der Waals surface area (Å²) in [4.78, 5) is 22.5. The van der Waals surface area contributed by atoms with Gasteiger partial charge in [0, 0.05) is 12.1 Å². The monoisotopic (exact) mass is 369 g/mol. The number of aliphatic carboxylic acids is 1. The molecule has 2 rings (SSSR count). The van der Waals surface area contributed by atoms with Crippen molar-refractivity contribution in [3.8, 4) is 11.5 Å². The Labute approximate surface area is 176 Å². The van der Waals surface area contributed by atoms with Crippen LogP contribution in [0.15, 0.2) is 24.3 Å². The molecule has 1 aromatic carbocycles. The predicted octanol–water partition coefficient (Wildman–Crippen LogP) is -1.46. The van der Waals surface area contributed by atoms with E-state index in [0.717, 1.165) is 37.2 Å². The van der Waals surface area contributed by atoms with Gasteiger partial charge in [0.15, 0.2) is 11.5 Å². The standard InChI is InChI=1S/C19H25NO5.Na/c1-13-3-7-15(8-4-13)20-18(21)10-6-14-5-9-16(17(11-14)24-2)25-12-19(22)23;/h5-6,9-11,13,15H,3-4,7-8,12H2,1-2H3,(H,20,21)(H,22,23);/q;+1/p-1/t13-,15-;. The van der Waals surface area contributed by atoms with Crippen LogP contribution < -0.4 is 49.5 Å². The number of hydrogen-bond donors (Lipinski definition) is 1. The number of benzene rings is 1. The van der Waals surface area contributed by atoms with Crippen LogP contribution in [0.1, 0.15) is 38.2 Å². The van der Waals surface area contributed by atoms with E-state index in [2.05, 4.69) is 12.2 Å². The van der Waals surface area contributed by atoms with Crippen LogP contribution in [0, 0.1) is 5.92 Å².